The number of amides is 3. The summed E-state index contributed by atoms with van der Waals surface area (Å²) in [6.07, 6.45) is 10.5. The summed E-state index contributed by atoms with van der Waals surface area (Å²) >= 11 is 0. The lowest BCUT2D eigenvalue weighted by molar-refractivity contribution is -0.130. The number of nitrogens with zero attached hydrogens (tertiary/aromatic N) is 1. The number of likely N-dealkylation sites (tertiary alicyclic amines) is 1. The quantitative estimate of drug-likeness (QED) is 0.755. The van der Waals surface area contributed by atoms with Crippen LogP contribution >= 0.6 is 0 Å². The molecule has 1 aliphatic carbocycles. The number of unbranched alkanes of at least 4 members (excludes halogenated alkanes) is 1. The van der Waals surface area contributed by atoms with Gasteiger partial charge in [-0.2, -0.15) is 0 Å². The minimum atomic E-state index is -0.224. The van der Waals surface area contributed by atoms with Gasteiger partial charge in [0.1, 0.15) is 0 Å². The highest BCUT2D eigenvalue weighted by Gasteiger charge is 2.29. The molecule has 2 rings (SSSR count). The minimum Gasteiger partial charge on any atom is -0.338 e. The molecule has 136 valence electrons. The average molecular weight is 335 g/mol. The molecule has 0 spiro atoms. The summed E-state index contributed by atoms with van der Waals surface area (Å²) < 4.78 is 0. The van der Waals surface area contributed by atoms with E-state index in [-0.39, 0.29) is 17.5 Å². The SMILES string of the molecule is CC(C)(C)NC(=O)NCCCCC(=O)N1CCCC2CCCC=C21. The highest BCUT2D eigenvalue weighted by Crippen LogP contribution is 2.35. The number of carbonyl (C=O) groups is 2. The van der Waals surface area contributed by atoms with Gasteiger partial charge in [0.05, 0.1) is 0 Å². The fourth-order valence-corrected chi connectivity index (χ4v) is 3.57. The van der Waals surface area contributed by atoms with Crippen LogP contribution in [0.3, 0.4) is 0 Å². The fraction of sp³-hybridized carbons (Fsp3) is 0.789. The number of hydrogen-bond donors (Lipinski definition) is 2. The predicted octanol–water partition coefficient (Wildman–Crippen LogP) is 3.56. The van der Waals surface area contributed by atoms with E-state index in [2.05, 4.69) is 16.7 Å². The van der Waals surface area contributed by atoms with Crippen molar-refractivity contribution < 1.29 is 9.59 Å². The Hall–Kier alpha value is -1.52. The second-order valence-corrected chi connectivity index (χ2v) is 8.03. The molecule has 0 aromatic rings. The molecule has 1 heterocycles. The average Bonchev–Trinajstić information content (AvgIpc) is 2.52. The smallest absolute Gasteiger partial charge is 0.315 e. The second kappa shape index (κ2) is 8.54. The summed E-state index contributed by atoms with van der Waals surface area (Å²) in [7, 11) is 0. The van der Waals surface area contributed by atoms with Crippen molar-refractivity contribution in [3.8, 4) is 0 Å². The van der Waals surface area contributed by atoms with Crippen molar-refractivity contribution in [2.75, 3.05) is 13.1 Å². The molecule has 1 aliphatic heterocycles. The Morgan fingerprint density at radius 1 is 1.21 bits per heavy atom. The molecule has 0 bridgehead atoms. The van der Waals surface area contributed by atoms with Gasteiger partial charge in [-0.15, -0.1) is 0 Å². The minimum absolute atomic E-state index is 0.139. The summed E-state index contributed by atoms with van der Waals surface area (Å²) in [4.78, 5) is 26.2. The number of allylic oxidation sites excluding steroid dienone is 2. The van der Waals surface area contributed by atoms with Gasteiger partial charge in [-0.3, -0.25) is 4.79 Å². The van der Waals surface area contributed by atoms with Crippen molar-refractivity contribution in [2.24, 2.45) is 5.92 Å². The number of rotatable bonds is 5. The van der Waals surface area contributed by atoms with Gasteiger partial charge in [-0.05, 0) is 71.6 Å². The zero-order valence-electron chi connectivity index (χ0n) is 15.5. The number of fused-ring (bicyclic) bond motifs is 1. The zero-order valence-corrected chi connectivity index (χ0v) is 15.5. The number of piperidine rings is 1. The molecule has 1 fully saturated rings. The molecule has 1 atom stereocenters. The highest BCUT2D eigenvalue weighted by molar-refractivity contribution is 5.78. The molecule has 24 heavy (non-hydrogen) atoms. The lowest BCUT2D eigenvalue weighted by Gasteiger charge is -2.38. The second-order valence-electron chi connectivity index (χ2n) is 8.03. The van der Waals surface area contributed by atoms with E-state index in [1.165, 1.54) is 25.0 Å². The van der Waals surface area contributed by atoms with Crippen LogP contribution in [0.15, 0.2) is 11.8 Å². The fourth-order valence-electron chi connectivity index (χ4n) is 3.57. The van der Waals surface area contributed by atoms with Crippen LogP contribution in [-0.2, 0) is 4.79 Å². The molecule has 2 aliphatic rings. The normalized spacial score (nSPS) is 20.9. The Balaban J connectivity index is 1.66. The third-order valence-electron chi connectivity index (χ3n) is 4.67. The molecule has 0 radical (unpaired) electrons. The number of hydrogen-bond acceptors (Lipinski definition) is 2. The molecule has 5 nitrogen and oxygen atoms in total. The van der Waals surface area contributed by atoms with Crippen LogP contribution in [0.2, 0.25) is 0 Å². The first-order valence-electron chi connectivity index (χ1n) is 9.43. The maximum absolute atomic E-state index is 12.5. The lowest BCUT2D eigenvalue weighted by atomic mass is 9.85. The van der Waals surface area contributed by atoms with Crippen molar-refractivity contribution in [3.63, 3.8) is 0 Å². The van der Waals surface area contributed by atoms with Crippen LogP contribution in [0, 0.1) is 5.92 Å². The number of urea groups is 1. The Bertz CT molecular complexity index is 479. The maximum atomic E-state index is 12.5. The van der Waals surface area contributed by atoms with Crippen LogP contribution in [0.25, 0.3) is 0 Å². The third kappa shape index (κ3) is 5.84. The molecule has 2 N–H and O–H groups in total. The lowest BCUT2D eigenvalue weighted by Crippen LogP contribution is -2.46. The Labute approximate surface area is 146 Å². The largest absolute Gasteiger partial charge is 0.338 e. The van der Waals surface area contributed by atoms with Crippen molar-refractivity contribution >= 4 is 11.9 Å². The Morgan fingerprint density at radius 3 is 2.71 bits per heavy atom. The van der Waals surface area contributed by atoms with Gasteiger partial charge >= 0.3 is 6.03 Å². The van der Waals surface area contributed by atoms with Crippen molar-refractivity contribution in [1.29, 1.82) is 0 Å². The van der Waals surface area contributed by atoms with Gasteiger partial charge in [-0.25, -0.2) is 4.79 Å². The van der Waals surface area contributed by atoms with E-state index >= 15 is 0 Å². The Morgan fingerprint density at radius 2 is 1.96 bits per heavy atom. The predicted molar refractivity (Wildman–Crippen MR) is 96.5 cm³/mol. The number of carbonyl (C=O) groups excluding carboxylic acids is 2. The monoisotopic (exact) mass is 335 g/mol. The molecular formula is C19H33N3O2. The van der Waals surface area contributed by atoms with E-state index in [1.54, 1.807) is 0 Å². The molecule has 1 saturated heterocycles. The topological polar surface area (TPSA) is 61.4 Å². The summed E-state index contributed by atoms with van der Waals surface area (Å²) in [6.45, 7) is 7.36. The van der Waals surface area contributed by atoms with Crippen molar-refractivity contribution in [2.45, 2.75) is 77.7 Å². The summed E-state index contributed by atoms with van der Waals surface area (Å²) in [5.74, 6) is 0.867. The van der Waals surface area contributed by atoms with E-state index in [1.807, 2.05) is 25.7 Å². The standard InChI is InChI=1S/C19H33N3O2/c1-19(2,3)21-18(24)20-13-7-6-12-17(23)22-14-8-10-15-9-4-5-11-16(15)22/h11,15H,4-10,12-14H2,1-3H3,(H2,20,21,24). The maximum Gasteiger partial charge on any atom is 0.315 e. The van der Waals surface area contributed by atoms with Gasteiger partial charge < -0.3 is 15.5 Å². The van der Waals surface area contributed by atoms with E-state index in [4.69, 9.17) is 0 Å². The first-order chi connectivity index (χ1) is 11.4. The van der Waals surface area contributed by atoms with E-state index in [0.29, 0.717) is 18.9 Å². The van der Waals surface area contributed by atoms with Gasteiger partial charge in [0.15, 0.2) is 0 Å². The van der Waals surface area contributed by atoms with E-state index in [9.17, 15) is 9.59 Å². The summed E-state index contributed by atoms with van der Waals surface area (Å²) in [5.41, 5.74) is 1.07. The van der Waals surface area contributed by atoms with Crippen molar-refractivity contribution in [3.05, 3.63) is 11.8 Å². The summed E-state index contributed by atoms with van der Waals surface area (Å²) in [6, 6.07) is -0.139. The zero-order chi connectivity index (χ0) is 17.6. The van der Waals surface area contributed by atoms with E-state index in [0.717, 1.165) is 32.2 Å². The van der Waals surface area contributed by atoms with Crippen LogP contribution in [0.4, 0.5) is 4.79 Å². The van der Waals surface area contributed by atoms with Crippen LogP contribution in [0.5, 0.6) is 0 Å². The van der Waals surface area contributed by atoms with Gasteiger partial charge in [0.25, 0.3) is 0 Å². The molecule has 3 amide bonds. The Kier molecular flexibility index (Phi) is 6.69. The van der Waals surface area contributed by atoms with Gasteiger partial charge in [-0.1, -0.05) is 6.08 Å². The van der Waals surface area contributed by atoms with Gasteiger partial charge in [0.2, 0.25) is 5.91 Å². The molecule has 1 unspecified atom stereocenters. The van der Waals surface area contributed by atoms with E-state index < -0.39 is 0 Å². The van der Waals surface area contributed by atoms with Gasteiger partial charge in [0, 0.05) is 30.7 Å². The first-order valence-corrected chi connectivity index (χ1v) is 9.43. The van der Waals surface area contributed by atoms with Crippen LogP contribution in [-0.4, -0.2) is 35.5 Å². The molecular weight excluding hydrogens is 302 g/mol. The van der Waals surface area contributed by atoms with Crippen LogP contribution < -0.4 is 10.6 Å². The summed E-state index contributed by atoms with van der Waals surface area (Å²) in [5, 5.41) is 5.72. The molecule has 0 aromatic heterocycles. The molecule has 0 aromatic carbocycles. The van der Waals surface area contributed by atoms with Crippen molar-refractivity contribution in [1.82, 2.24) is 15.5 Å². The third-order valence-corrected chi connectivity index (χ3v) is 4.67. The first kappa shape index (κ1) is 18.8. The molecule has 5 heteroatoms. The molecule has 0 saturated carbocycles. The number of nitrogens with one attached hydrogen (secondary N) is 2. The highest BCUT2D eigenvalue weighted by atomic mass is 16.2. The van der Waals surface area contributed by atoms with Crippen LogP contribution in [0.1, 0.15) is 72.1 Å².